The molecule has 120 valence electrons. The Morgan fingerprint density at radius 1 is 0.917 bits per heavy atom. The lowest BCUT2D eigenvalue weighted by molar-refractivity contribution is 0.0962. The zero-order valence-corrected chi connectivity index (χ0v) is 12.5. The highest BCUT2D eigenvalue weighted by Gasteiger charge is 2.10. The molecule has 9 nitrogen and oxygen atoms in total. The fraction of sp³-hybridized carbons (Fsp3) is 0. The highest BCUT2D eigenvalue weighted by Crippen LogP contribution is 2.24. The van der Waals surface area contributed by atoms with Crippen molar-refractivity contribution in [1.29, 1.82) is 0 Å². The summed E-state index contributed by atoms with van der Waals surface area (Å²) in [5.41, 5.74) is 12.7. The Hall–Kier alpha value is -3.75. The lowest BCUT2D eigenvalue weighted by atomic mass is 10.3. The van der Waals surface area contributed by atoms with Crippen molar-refractivity contribution in [2.45, 2.75) is 0 Å². The number of nitrogens with one attached hydrogen (secondary N) is 3. The van der Waals surface area contributed by atoms with E-state index in [1.54, 1.807) is 36.7 Å². The van der Waals surface area contributed by atoms with Gasteiger partial charge < -0.3 is 11.1 Å². The van der Waals surface area contributed by atoms with Crippen LogP contribution in [0.5, 0.6) is 0 Å². The summed E-state index contributed by atoms with van der Waals surface area (Å²) < 4.78 is 0. The first-order chi connectivity index (χ1) is 11.7. The maximum absolute atomic E-state index is 12.0. The van der Waals surface area contributed by atoms with Crippen molar-refractivity contribution in [2.24, 2.45) is 0 Å². The molecule has 3 rings (SSSR count). The Kier molecular flexibility index (Phi) is 4.43. The third-order valence-corrected chi connectivity index (χ3v) is 3.06. The van der Waals surface area contributed by atoms with Crippen molar-refractivity contribution in [1.82, 2.24) is 25.4 Å². The average Bonchev–Trinajstić information content (AvgIpc) is 2.64. The molecule has 5 N–H and O–H groups in total. The third kappa shape index (κ3) is 3.53. The zero-order valence-electron chi connectivity index (χ0n) is 12.5. The molecular formula is C15H14N8O. The average molecular weight is 322 g/mol. The number of anilines is 4. The quantitative estimate of drug-likeness (QED) is 0.518. The van der Waals surface area contributed by atoms with Crippen LogP contribution in [0.25, 0.3) is 0 Å². The SMILES string of the molecule is Nc1c(NNC(=O)c2ccncc2)ncnc1Nc1ccncc1. The summed E-state index contributed by atoms with van der Waals surface area (Å²) in [5, 5.41) is 3.05. The second-order valence-corrected chi connectivity index (χ2v) is 4.66. The van der Waals surface area contributed by atoms with Gasteiger partial charge in [-0.15, -0.1) is 0 Å². The summed E-state index contributed by atoms with van der Waals surface area (Å²) in [6.07, 6.45) is 7.69. The first-order valence-corrected chi connectivity index (χ1v) is 6.98. The number of nitrogen functional groups attached to an aromatic ring is 1. The molecule has 0 atom stereocenters. The van der Waals surface area contributed by atoms with Crippen molar-refractivity contribution in [2.75, 3.05) is 16.5 Å². The van der Waals surface area contributed by atoms with Crippen molar-refractivity contribution >= 4 is 28.9 Å². The van der Waals surface area contributed by atoms with Crippen LogP contribution in [0.15, 0.2) is 55.4 Å². The van der Waals surface area contributed by atoms with E-state index >= 15 is 0 Å². The van der Waals surface area contributed by atoms with Gasteiger partial charge in [-0.25, -0.2) is 9.97 Å². The van der Waals surface area contributed by atoms with E-state index < -0.39 is 0 Å². The number of hydrogen-bond acceptors (Lipinski definition) is 8. The normalized spacial score (nSPS) is 10.0. The van der Waals surface area contributed by atoms with E-state index in [0.29, 0.717) is 11.4 Å². The van der Waals surface area contributed by atoms with Gasteiger partial charge in [-0.05, 0) is 24.3 Å². The molecule has 0 spiro atoms. The molecule has 0 aliphatic rings. The van der Waals surface area contributed by atoms with Crippen molar-refractivity contribution in [3.05, 3.63) is 60.9 Å². The van der Waals surface area contributed by atoms with Crippen molar-refractivity contribution in [3.63, 3.8) is 0 Å². The van der Waals surface area contributed by atoms with Gasteiger partial charge in [0.15, 0.2) is 11.6 Å². The Morgan fingerprint density at radius 2 is 1.54 bits per heavy atom. The zero-order chi connectivity index (χ0) is 16.8. The number of rotatable bonds is 5. The van der Waals surface area contributed by atoms with Gasteiger partial charge in [-0.1, -0.05) is 0 Å². The Bertz CT molecular complexity index is 825. The van der Waals surface area contributed by atoms with Gasteiger partial charge in [0.25, 0.3) is 5.91 Å². The summed E-state index contributed by atoms with van der Waals surface area (Å²) in [5.74, 6) is 0.361. The van der Waals surface area contributed by atoms with Gasteiger partial charge in [0.05, 0.1) is 0 Å². The molecular weight excluding hydrogens is 308 g/mol. The minimum Gasteiger partial charge on any atom is -0.393 e. The number of hydrazine groups is 1. The first-order valence-electron chi connectivity index (χ1n) is 6.98. The fourth-order valence-electron chi connectivity index (χ4n) is 1.86. The maximum Gasteiger partial charge on any atom is 0.269 e. The van der Waals surface area contributed by atoms with Crippen LogP contribution >= 0.6 is 0 Å². The minimum absolute atomic E-state index is 0.268. The van der Waals surface area contributed by atoms with Crippen LogP contribution in [0, 0.1) is 0 Å². The number of nitrogens with two attached hydrogens (primary N) is 1. The Morgan fingerprint density at radius 3 is 2.25 bits per heavy atom. The van der Waals surface area contributed by atoms with Crippen LogP contribution < -0.4 is 21.9 Å². The number of carbonyl (C=O) groups is 1. The second-order valence-electron chi connectivity index (χ2n) is 4.66. The van der Waals surface area contributed by atoms with E-state index in [4.69, 9.17) is 5.73 Å². The van der Waals surface area contributed by atoms with Gasteiger partial charge in [0.2, 0.25) is 0 Å². The smallest absolute Gasteiger partial charge is 0.269 e. The molecule has 0 unspecified atom stereocenters. The number of carbonyl (C=O) groups excluding carboxylic acids is 1. The Labute approximate surface area is 137 Å². The molecule has 0 aliphatic heterocycles. The number of aromatic nitrogens is 4. The van der Waals surface area contributed by atoms with Gasteiger partial charge in [0, 0.05) is 36.0 Å². The molecule has 1 amide bonds. The van der Waals surface area contributed by atoms with Gasteiger partial charge in [-0.3, -0.25) is 25.6 Å². The highest BCUT2D eigenvalue weighted by molar-refractivity contribution is 5.95. The van der Waals surface area contributed by atoms with E-state index in [9.17, 15) is 4.79 Å². The van der Waals surface area contributed by atoms with Gasteiger partial charge >= 0.3 is 0 Å². The molecule has 0 bridgehead atoms. The molecule has 0 aliphatic carbocycles. The fourth-order valence-corrected chi connectivity index (χ4v) is 1.86. The molecule has 0 aromatic carbocycles. The topological polar surface area (TPSA) is 131 Å². The van der Waals surface area contributed by atoms with E-state index in [0.717, 1.165) is 5.69 Å². The van der Waals surface area contributed by atoms with E-state index in [1.807, 2.05) is 0 Å². The van der Waals surface area contributed by atoms with Crippen molar-refractivity contribution in [3.8, 4) is 0 Å². The third-order valence-electron chi connectivity index (χ3n) is 3.06. The van der Waals surface area contributed by atoms with Crippen molar-refractivity contribution < 1.29 is 4.79 Å². The summed E-state index contributed by atoms with van der Waals surface area (Å²) in [4.78, 5) is 27.9. The molecule has 3 aromatic heterocycles. The molecule has 3 heterocycles. The lowest BCUT2D eigenvalue weighted by Gasteiger charge is -2.13. The Balaban J connectivity index is 1.70. The van der Waals surface area contributed by atoms with Crippen LogP contribution in [-0.2, 0) is 0 Å². The van der Waals surface area contributed by atoms with E-state index in [1.165, 1.54) is 18.7 Å². The summed E-state index contributed by atoms with van der Waals surface area (Å²) in [6, 6.07) is 6.74. The van der Waals surface area contributed by atoms with Gasteiger partial charge in [0.1, 0.15) is 12.0 Å². The van der Waals surface area contributed by atoms with E-state index in [-0.39, 0.29) is 17.4 Å². The number of hydrogen-bond donors (Lipinski definition) is 4. The van der Waals surface area contributed by atoms with Crippen LogP contribution in [0.2, 0.25) is 0 Å². The maximum atomic E-state index is 12.0. The predicted octanol–water partition coefficient (Wildman–Crippen LogP) is 1.35. The summed E-state index contributed by atoms with van der Waals surface area (Å²) >= 11 is 0. The number of amides is 1. The lowest BCUT2D eigenvalue weighted by Crippen LogP contribution is -2.30. The molecule has 0 radical (unpaired) electrons. The largest absolute Gasteiger partial charge is 0.393 e. The number of pyridine rings is 2. The summed E-state index contributed by atoms with van der Waals surface area (Å²) in [6.45, 7) is 0. The van der Waals surface area contributed by atoms with E-state index in [2.05, 4.69) is 36.1 Å². The molecule has 0 saturated heterocycles. The second kappa shape index (κ2) is 7.01. The molecule has 9 heteroatoms. The monoisotopic (exact) mass is 322 g/mol. The predicted molar refractivity (Wildman–Crippen MR) is 89.3 cm³/mol. The molecule has 3 aromatic rings. The standard InChI is InChI=1S/C15H14N8O/c16-12-13(21-11-3-7-18-8-4-11)19-9-20-14(12)22-23-15(24)10-1-5-17-6-2-10/h1-9H,16H2,(H,23,24)(H2,18,19,20,21,22). The van der Waals surface area contributed by atoms with Crippen LogP contribution in [0.4, 0.5) is 23.0 Å². The van der Waals surface area contributed by atoms with Gasteiger partial charge in [-0.2, -0.15) is 0 Å². The molecule has 0 saturated carbocycles. The first kappa shape index (κ1) is 15.2. The summed E-state index contributed by atoms with van der Waals surface area (Å²) in [7, 11) is 0. The van der Waals surface area contributed by atoms with Crippen LogP contribution in [0.3, 0.4) is 0 Å². The molecule has 0 fully saturated rings. The molecule has 24 heavy (non-hydrogen) atoms. The van der Waals surface area contributed by atoms with Crippen LogP contribution in [-0.4, -0.2) is 25.8 Å². The highest BCUT2D eigenvalue weighted by atomic mass is 16.2. The number of nitrogens with zero attached hydrogens (tertiary/aromatic N) is 4. The minimum atomic E-state index is -0.334. The van der Waals surface area contributed by atoms with Crippen LogP contribution in [0.1, 0.15) is 10.4 Å².